The molecule has 0 radical (unpaired) electrons. The second-order valence-electron chi connectivity index (χ2n) is 4.96. The van der Waals surface area contributed by atoms with Gasteiger partial charge in [-0.1, -0.05) is 79.7 Å². The summed E-state index contributed by atoms with van der Waals surface area (Å²) < 4.78 is 0. The Morgan fingerprint density at radius 2 is 1.25 bits per heavy atom. The van der Waals surface area contributed by atoms with Crippen molar-refractivity contribution >= 4 is 0 Å². The molecule has 0 bridgehead atoms. The van der Waals surface area contributed by atoms with Crippen molar-refractivity contribution in [1.82, 2.24) is 0 Å². The van der Waals surface area contributed by atoms with Crippen LogP contribution in [0, 0.1) is 0 Å². The van der Waals surface area contributed by atoms with Gasteiger partial charge in [0.15, 0.2) is 0 Å². The molecule has 0 N–H and O–H groups in total. The molecule has 0 aliphatic carbocycles. The topological polar surface area (TPSA) is 0 Å². The fourth-order valence-corrected chi connectivity index (χ4v) is 2.61. The van der Waals surface area contributed by atoms with E-state index in [1.165, 1.54) is 27.8 Å². The molecule has 0 fully saturated rings. The normalized spacial score (nSPS) is 10.4. The highest BCUT2D eigenvalue weighted by Crippen LogP contribution is 2.28. The van der Waals surface area contributed by atoms with Crippen LogP contribution in [0.4, 0.5) is 0 Å². The van der Waals surface area contributed by atoms with Crippen LogP contribution in [0.1, 0.15) is 12.5 Å². The van der Waals surface area contributed by atoms with Gasteiger partial charge in [0.2, 0.25) is 0 Å². The van der Waals surface area contributed by atoms with Crippen molar-refractivity contribution < 1.29 is 0 Å². The molecule has 3 aromatic rings. The molecule has 0 heterocycles. The highest BCUT2D eigenvalue weighted by Gasteiger charge is 2.04. The Bertz CT molecular complexity index is 696. The van der Waals surface area contributed by atoms with Crippen LogP contribution in [0.2, 0.25) is 0 Å². The zero-order valence-electron chi connectivity index (χ0n) is 11.7. The van der Waals surface area contributed by atoms with Crippen LogP contribution in [0.3, 0.4) is 0 Å². The molecule has 20 heavy (non-hydrogen) atoms. The Balaban J connectivity index is 2.08. The largest absolute Gasteiger partial charge is 0.0622 e. The Kier molecular flexibility index (Phi) is 3.64. The van der Waals surface area contributed by atoms with Gasteiger partial charge in [-0.05, 0) is 40.3 Å². The quantitative estimate of drug-likeness (QED) is 0.575. The maximum atomic E-state index is 2.28. The molecule has 0 aliphatic heterocycles. The number of benzene rings is 3. The summed E-state index contributed by atoms with van der Waals surface area (Å²) in [5.41, 5.74) is 6.58. The first kappa shape index (κ1) is 12.7. The van der Waals surface area contributed by atoms with E-state index in [0.29, 0.717) is 0 Å². The van der Waals surface area contributed by atoms with Crippen molar-refractivity contribution in [3.8, 4) is 22.3 Å². The number of aryl methyl sites for hydroxylation is 1. The van der Waals surface area contributed by atoms with E-state index in [4.69, 9.17) is 0 Å². The fourth-order valence-electron chi connectivity index (χ4n) is 2.61. The Hall–Kier alpha value is -2.34. The smallest absolute Gasteiger partial charge is 0.0152 e. The van der Waals surface area contributed by atoms with E-state index < -0.39 is 0 Å². The molecule has 0 saturated heterocycles. The van der Waals surface area contributed by atoms with Gasteiger partial charge in [-0.3, -0.25) is 0 Å². The third-order valence-corrected chi connectivity index (χ3v) is 3.68. The summed E-state index contributed by atoms with van der Waals surface area (Å²) in [6, 6.07) is 28.0. The lowest BCUT2D eigenvalue weighted by Crippen LogP contribution is -1.87. The SMILES string of the molecule is CCc1ccccc1-c1cccc(-c2ccccc2)c1. The molecule has 0 spiro atoms. The van der Waals surface area contributed by atoms with Crippen LogP contribution in [0.15, 0.2) is 78.9 Å². The van der Waals surface area contributed by atoms with Gasteiger partial charge in [-0.25, -0.2) is 0 Å². The molecule has 0 heteroatoms. The number of rotatable bonds is 3. The summed E-state index contributed by atoms with van der Waals surface area (Å²) >= 11 is 0. The van der Waals surface area contributed by atoms with Crippen molar-refractivity contribution in [2.45, 2.75) is 13.3 Å². The van der Waals surface area contributed by atoms with Gasteiger partial charge in [0.25, 0.3) is 0 Å². The predicted octanol–water partition coefficient (Wildman–Crippen LogP) is 5.58. The summed E-state index contributed by atoms with van der Waals surface area (Å²) in [4.78, 5) is 0. The van der Waals surface area contributed by atoms with Gasteiger partial charge in [0, 0.05) is 0 Å². The molecule has 0 aliphatic rings. The minimum atomic E-state index is 1.06. The van der Waals surface area contributed by atoms with Crippen molar-refractivity contribution in [1.29, 1.82) is 0 Å². The van der Waals surface area contributed by atoms with Crippen molar-refractivity contribution in [3.05, 3.63) is 84.4 Å². The molecule has 0 atom stereocenters. The zero-order valence-corrected chi connectivity index (χ0v) is 11.7. The maximum Gasteiger partial charge on any atom is -0.0152 e. The van der Waals surface area contributed by atoms with E-state index in [-0.39, 0.29) is 0 Å². The highest BCUT2D eigenvalue weighted by atomic mass is 14.1. The predicted molar refractivity (Wildman–Crippen MR) is 86.7 cm³/mol. The van der Waals surface area contributed by atoms with Crippen LogP contribution < -0.4 is 0 Å². The van der Waals surface area contributed by atoms with Crippen LogP contribution in [0.5, 0.6) is 0 Å². The molecule has 0 amide bonds. The molecule has 0 aromatic heterocycles. The van der Waals surface area contributed by atoms with E-state index in [1.807, 2.05) is 0 Å². The summed E-state index contributed by atoms with van der Waals surface area (Å²) in [7, 11) is 0. The molecular formula is C20H18. The molecule has 3 rings (SSSR count). The lowest BCUT2D eigenvalue weighted by molar-refractivity contribution is 1.14. The molecule has 3 aromatic carbocycles. The van der Waals surface area contributed by atoms with E-state index in [9.17, 15) is 0 Å². The first-order valence-corrected chi connectivity index (χ1v) is 7.12. The maximum absolute atomic E-state index is 2.28. The lowest BCUT2D eigenvalue weighted by atomic mass is 9.95. The first-order valence-electron chi connectivity index (χ1n) is 7.12. The van der Waals surface area contributed by atoms with Crippen molar-refractivity contribution in [2.24, 2.45) is 0 Å². The average Bonchev–Trinajstić information content (AvgIpc) is 2.56. The third-order valence-electron chi connectivity index (χ3n) is 3.68. The van der Waals surface area contributed by atoms with Crippen molar-refractivity contribution in [2.75, 3.05) is 0 Å². The third kappa shape index (κ3) is 2.50. The van der Waals surface area contributed by atoms with E-state index in [0.717, 1.165) is 6.42 Å². The zero-order chi connectivity index (χ0) is 13.8. The van der Waals surface area contributed by atoms with Crippen molar-refractivity contribution in [3.63, 3.8) is 0 Å². The Morgan fingerprint density at radius 3 is 2.05 bits per heavy atom. The van der Waals surface area contributed by atoms with E-state index in [1.54, 1.807) is 0 Å². The van der Waals surface area contributed by atoms with E-state index in [2.05, 4.69) is 85.8 Å². The van der Waals surface area contributed by atoms with Gasteiger partial charge in [0.05, 0.1) is 0 Å². The van der Waals surface area contributed by atoms with Crippen LogP contribution in [-0.2, 0) is 6.42 Å². The van der Waals surface area contributed by atoms with Gasteiger partial charge in [-0.15, -0.1) is 0 Å². The summed E-state index contributed by atoms with van der Waals surface area (Å²) in [5, 5.41) is 0. The highest BCUT2D eigenvalue weighted by molar-refractivity contribution is 5.74. The van der Waals surface area contributed by atoms with Gasteiger partial charge < -0.3 is 0 Å². The second-order valence-corrected chi connectivity index (χ2v) is 4.96. The molecule has 0 unspecified atom stereocenters. The minimum absolute atomic E-state index is 1.06. The summed E-state index contributed by atoms with van der Waals surface area (Å²) in [6.45, 7) is 2.21. The number of hydrogen-bond donors (Lipinski definition) is 0. The number of hydrogen-bond acceptors (Lipinski definition) is 0. The molecule has 0 saturated carbocycles. The summed E-state index contributed by atoms with van der Waals surface area (Å²) in [6.07, 6.45) is 1.06. The van der Waals surface area contributed by atoms with E-state index >= 15 is 0 Å². The van der Waals surface area contributed by atoms with Crippen LogP contribution in [0.25, 0.3) is 22.3 Å². The Labute approximate surface area is 120 Å². The standard InChI is InChI=1S/C20H18/c1-2-16-9-6-7-14-20(16)19-13-8-12-18(15-19)17-10-4-3-5-11-17/h3-15H,2H2,1H3. The second kappa shape index (κ2) is 5.75. The first-order chi connectivity index (χ1) is 9.88. The van der Waals surface area contributed by atoms with Gasteiger partial charge in [0.1, 0.15) is 0 Å². The molecular weight excluding hydrogens is 240 g/mol. The van der Waals surface area contributed by atoms with Gasteiger partial charge >= 0.3 is 0 Å². The lowest BCUT2D eigenvalue weighted by Gasteiger charge is -2.10. The van der Waals surface area contributed by atoms with Crippen LogP contribution >= 0.6 is 0 Å². The summed E-state index contributed by atoms with van der Waals surface area (Å²) in [5.74, 6) is 0. The molecule has 98 valence electrons. The average molecular weight is 258 g/mol. The van der Waals surface area contributed by atoms with Crippen LogP contribution in [-0.4, -0.2) is 0 Å². The van der Waals surface area contributed by atoms with Gasteiger partial charge in [-0.2, -0.15) is 0 Å². The molecule has 0 nitrogen and oxygen atoms in total. The fraction of sp³-hybridized carbons (Fsp3) is 0.100. The Morgan fingerprint density at radius 1 is 0.600 bits per heavy atom. The minimum Gasteiger partial charge on any atom is -0.0622 e. The monoisotopic (exact) mass is 258 g/mol.